The van der Waals surface area contributed by atoms with E-state index in [9.17, 15) is 15.3 Å². The smallest absolute Gasteiger partial charge is 0.203 e. The Morgan fingerprint density at radius 1 is 0.746 bits per heavy atom. The molecule has 3 N–H and O–H groups in total. The van der Waals surface area contributed by atoms with Crippen molar-refractivity contribution in [3.8, 4) is 0 Å². The second kappa shape index (κ2) is 19.3. The summed E-state index contributed by atoms with van der Waals surface area (Å²) in [7, 11) is 0. The summed E-state index contributed by atoms with van der Waals surface area (Å²) in [6, 6.07) is 0. The van der Waals surface area contributed by atoms with E-state index >= 15 is 0 Å². The van der Waals surface area contributed by atoms with Crippen LogP contribution in [0, 0.1) is 52.3 Å². The standard InChI is InChI=1S/C54H86O5/c1-36(2)15-11-16-38(4)46-24-26-49-42(19-14-30-52(46,49)9)21-23-44-35-54(57,32-28-37(44)3)59-58-51(7,8)29-12-17-39(5)47-25-27-48-41(18-13-31-53(47,48)10)20-22-43-33-45(55)34-50(56)40(43)6/h20-23,36,38-39,45-50,55-57H,3,6,11-19,24-35H2,1-2,4-5,7-10H3/t38-,39-,45-,46-,47-,48?,49?,50-,52-,53-,54+/m1/s1. The first-order valence-corrected chi connectivity index (χ1v) is 24.5. The molecule has 0 radical (unpaired) electrons. The van der Waals surface area contributed by atoms with Crippen LogP contribution in [0.3, 0.4) is 0 Å². The van der Waals surface area contributed by atoms with Crippen LogP contribution >= 0.6 is 0 Å². The van der Waals surface area contributed by atoms with Crippen molar-refractivity contribution in [1.29, 1.82) is 0 Å². The number of aliphatic hydroxyl groups is 3. The fourth-order valence-electron chi connectivity index (χ4n) is 13.7. The Bertz CT molecular complexity index is 1610. The molecule has 0 aromatic rings. The highest BCUT2D eigenvalue weighted by Crippen LogP contribution is 2.61. The SMILES string of the molecule is C=C1CC[C@](O)(OOC(C)(C)CCC[C@@H](C)[C@H]2CCC3C(=CC=C4C[C@@H](O)C[C@@H](O)C4=C)CCC[C@@]32C)CC1=CC=C1CCC[C@@]2(C)C1CC[C@@H]2[C@H](C)CCCC(C)C. The highest BCUT2D eigenvalue weighted by atomic mass is 17.2. The van der Waals surface area contributed by atoms with E-state index in [1.165, 1.54) is 77.0 Å². The summed E-state index contributed by atoms with van der Waals surface area (Å²) >= 11 is 0. The highest BCUT2D eigenvalue weighted by molar-refractivity contribution is 5.39. The lowest BCUT2D eigenvalue weighted by atomic mass is 9.60. The predicted molar refractivity (Wildman–Crippen MR) is 244 cm³/mol. The summed E-state index contributed by atoms with van der Waals surface area (Å²) in [5, 5.41) is 32.3. The monoisotopic (exact) mass is 815 g/mol. The predicted octanol–water partition coefficient (Wildman–Crippen LogP) is 13.6. The Kier molecular flexibility index (Phi) is 15.3. The molecule has 59 heavy (non-hydrogen) atoms. The fraction of sp³-hybridized carbons (Fsp3) is 0.778. The van der Waals surface area contributed by atoms with Gasteiger partial charge < -0.3 is 15.3 Å². The van der Waals surface area contributed by atoms with Crippen molar-refractivity contribution in [2.75, 3.05) is 0 Å². The third kappa shape index (κ3) is 10.9. The van der Waals surface area contributed by atoms with Gasteiger partial charge in [0.25, 0.3) is 0 Å². The van der Waals surface area contributed by atoms with Crippen molar-refractivity contribution in [2.24, 2.45) is 52.3 Å². The van der Waals surface area contributed by atoms with Crippen LogP contribution in [0.15, 0.2) is 70.9 Å². The first-order valence-electron chi connectivity index (χ1n) is 24.5. The average molecular weight is 815 g/mol. The van der Waals surface area contributed by atoms with Gasteiger partial charge in [-0.3, -0.25) is 0 Å². The van der Waals surface area contributed by atoms with Crippen LogP contribution in [-0.4, -0.2) is 38.9 Å². The van der Waals surface area contributed by atoms with E-state index in [0.29, 0.717) is 66.6 Å². The van der Waals surface area contributed by atoms with Crippen LogP contribution in [0.1, 0.15) is 190 Å². The Morgan fingerprint density at radius 2 is 1.31 bits per heavy atom. The van der Waals surface area contributed by atoms with Gasteiger partial charge in [0.2, 0.25) is 5.79 Å². The fourth-order valence-corrected chi connectivity index (χ4v) is 13.7. The number of fused-ring (bicyclic) bond motifs is 2. The molecular weight excluding hydrogens is 729 g/mol. The zero-order valence-corrected chi connectivity index (χ0v) is 38.9. The van der Waals surface area contributed by atoms with Crippen molar-refractivity contribution >= 4 is 0 Å². The Morgan fingerprint density at radius 3 is 1.88 bits per heavy atom. The zero-order chi connectivity index (χ0) is 42.8. The molecule has 332 valence electrons. The molecule has 2 unspecified atom stereocenters. The minimum absolute atomic E-state index is 0.302. The Labute approximate surface area is 360 Å². The van der Waals surface area contributed by atoms with Crippen LogP contribution < -0.4 is 0 Å². The molecule has 5 heteroatoms. The second-order valence-corrected chi connectivity index (χ2v) is 22.5. The van der Waals surface area contributed by atoms with Gasteiger partial charge in [-0.1, -0.05) is 128 Å². The summed E-state index contributed by atoms with van der Waals surface area (Å²) in [6.07, 6.45) is 30.4. The molecule has 6 rings (SSSR count). The molecule has 0 heterocycles. The number of aliphatic hydroxyl groups excluding tert-OH is 2. The van der Waals surface area contributed by atoms with Crippen LogP contribution in [0.5, 0.6) is 0 Å². The second-order valence-electron chi connectivity index (χ2n) is 22.5. The maximum Gasteiger partial charge on any atom is 0.203 e. The molecular formula is C54H86O5. The molecule has 11 atom stereocenters. The first kappa shape index (κ1) is 46.7. The van der Waals surface area contributed by atoms with Gasteiger partial charge in [-0.25, -0.2) is 9.78 Å². The van der Waals surface area contributed by atoms with E-state index in [0.717, 1.165) is 65.7 Å². The lowest BCUT2D eigenvalue weighted by molar-refractivity contribution is -0.457. The topological polar surface area (TPSA) is 79.2 Å². The zero-order valence-electron chi connectivity index (χ0n) is 38.9. The highest BCUT2D eigenvalue weighted by Gasteiger charge is 2.52. The summed E-state index contributed by atoms with van der Waals surface area (Å²) in [4.78, 5) is 12.2. The molecule has 6 aliphatic rings. The summed E-state index contributed by atoms with van der Waals surface area (Å²) in [5.41, 5.74) is 7.34. The van der Waals surface area contributed by atoms with Crippen LogP contribution in [-0.2, 0) is 9.78 Å². The minimum Gasteiger partial charge on any atom is -0.393 e. The average Bonchev–Trinajstić information content (AvgIpc) is 3.72. The van der Waals surface area contributed by atoms with Crippen molar-refractivity contribution in [3.63, 3.8) is 0 Å². The van der Waals surface area contributed by atoms with Gasteiger partial charge in [-0.2, -0.15) is 0 Å². The van der Waals surface area contributed by atoms with Crippen LogP contribution in [0.2, 0.25) is 0 Å². The molecule has 6 fully saturated rings. The van der Waals surface area contributed by atoms with Crippen molar-refractivity contribution in [2.45, 2.75) is 214 Å². The maximum absolute atomic E-state index is 11.7. The normalized spacial score (nSPS) is 39.4. The Balaban J connectivity index is 0.995. The van der Waals surface area contributed by atoms with Gasteiger partial charge in [0.1, 0.15) is 0 Å². The van der Waals surface area contributed by atoms with E-state index in [-0.39, 0.29) is 0 Å². The van der Waals surface area contributed by atoms with E-state index in [4.69, 9.17) is 9.78 Å². The number of hydrogen-bond acceptors (Lipinski definition) is 5. The van der Waals surface area contributed by atoms with Gasteiger partial charge in [-0.15, -0.1) is 0 Å². The Hall–Kier alpha value is -1.76. The van der Waals surface area contributed by atoms with Crippen LogP contribution in [0.4, 0.5) is 0 Å². The number of allylic oxidation sites excluding steroid dienone is 7. The molecule has 0 amide bonds. The van der Waals surface area contributed by atoms with E-state index < -0.39 is 23.6 Å². The lowest BCUT2D eigenvalue weighted by Gasteiger charge is -2.44. The van der Waals surface area contributed by atoms with E-state index in [1.54, 1.807) is 11.1 Å². The first-order chi connectivity index (χ1) is 27.8. The van der Waals surface area contributed by atoms with Gasteiger partial charge >= 0.3 is 0 Å². The molecule has 0 saturated heterocycles. The molecule has 6 aliphatic carbocycles. The summed E-state index contributed by atoms with van der Waals surface area (Å²) in [6.45, 7) is 27.6. The van der Waals surface area contributed by atoms with E-state index in [2.05, 4.69) is 92.9 Å². The summed E-state index contributed by atoms with van der Waals surface area (Å²) in [5.74, 6) is 3.64. The third-order valence-electron chi connectivity index (χ3n) is 17.3. The van der Waals surface area contributed by atoms with E-state index in [1.807, 2.05) is 0 Å². The van der Waals surface area contributed by atoms with Gasteiger partial charge in [-0.05, 0) is 166 Å². The van der Waals surface area contributed by atoms with Crippen molar-refractivity contribution < 1.29 is 25.1 Å². The minimum atomic E-state index is -1.35. The molecule has 0 spiro atoms. The van der Waals surface area contributed by atoms with Crippen molar-refractivity contribution in [1.82, 2.24) is 0 Å². The lowest BCUT2D eigenvalue weighted by Crippen LogP contribution is -2.39. The van der Waals surface area contributed by atoms with Gasteiger partial charge in [0.05, 0.1) is 17.8 Å². The maximum atomic E-state index is 11.7. The molecule has 6 saturated carbocycles. The van der Waals surface area contributed by atoms with Gasteiger partial charge in [0.15, 0.2) is 0 Å². The largest absolute Gasteiger partial charge is 0.393 e. The summed E-state index contributed by atoms with van der Waals surface area (Å²) < 4.78 is 0. The molecule has 0 aliphatic heterocycles. The molecule has 5 nitrogen and oxygen atoms in total. The molecule has 0 bridgehead atoms. The van der Waals surface area contributed by atoms with Crippen molar-refractivity contribution in [3.05, 3.63) is 70.9 Å². The third-order valence-corrected chi connectivity index (χ3v) is 17.3. The molecule has 0 aromatic carbocycles. The quantitative estimate of drug-likeness (QED) is 0.0872. The number of hydrogen-bond donors (Lipinski definition) is 3. The van der Waals surface area contributed by atoms with Gasteiger partial charge in [0, 0.05) is 19.3 Å². The number of rotatable bonds is 15. The van der Waals surface area contributed by atoms with Crippen LogP contribution in [0.25, 0.3) is 0 Å². The molecule has 0 aromatic heterocycles.